The van der Waals surface area contributed by atoms with E-state index in [4.69, 9.17) is 4.74 Å². The van der Waals surface area contributed by atoms with Gasteiger partial charge < -0.3 is 9.64 Å². The second-order valence-electron chi connectivity index (χ2n) is 5.27. The van der Waals surface area contributed by atoms with Gasteiger partial charge in [0.1, 0.15) is 5.75 Å². The van der Waals surface area contributed by atoms with Crippen LogP contribution in [0.25, 0.3) is 0 Å². The van der Waals surface area contributed by atoms with Crippen LogP contribution < -0.4 is 14.5 Å². The van der Waals surface area contributed by atoms with Crippen LogP contribution in [0.15, 0.2) is 42.5 Å². The van der Waals surface area contributed by atoms with Gasteiger partial charge in [-0.25, -0.2) is 4.90 Å². The van der Waals surface area contributed by atoms with E-state index < -0.39 is 0 Å². The maximum absolute atomic E-state index is 12.5. The zero-order chi connectivity index (χ0) is 15.9. The second-order valence-corrected chi connectivity index (χ2v) is 5.27. The maximum atomic E-state index is 12.5. The molecule has 112 valence electrons. The predicted molar refractivity (Wildman–Crippen MR) is 84.9 cm³/mol. The third-order valence-corrected chi connectivity index (χ3v) is 3.72. The Kier molecular flexibility index (Phi) is 3.33. The van der Waals surface area contributed by atoms with Crippen molar-refractivity contribution in [2.75, 3.05) is 31.0 Å². The van der Waals surface area contributed by atoms with Gasteiger partial charge in [-0.2, -0.15) is 0 Å². The number of fused-ring (bicyclic) bond motifs is 1. The predicted octanol–water partition coefficient (Wildman–Crippen LogP) is 2.56. The zero-order valence-electron chi connectivity index (χ0n) is 12.7. The zero-order valence-corrected chi connectivity index (χ0v) is 12.7. The molecule has 3 rings (SSSR count). The number of carbonyl (C=O) groups excluding carboxylic acids is 2. The average Bonchev–Trinajstić information content (AvgIpc) is 2.78. The quantitative estimate of drug-likeness (QED) is 0.817. The molecule has 0 unspecified atom stereocenters. The molecule has 2 aromatic carbocycles. The van der Waals surface area contributed by atoms with Gasteiger partial charge in [0.2, 0.25) is 0 Å². The van der Waals surface area contributed by atoms with Crippen molar-refractivity contribution in [1.29, 1.82) is 0 Å². The van der Waals surface area contributed by atoms with Gasteiger partial charge in [-0.3, -0.25) is 9.59 Å². The summed E-state index contributed by atoms with van der Waals surface area (Å²) < 4.78 is 5.12. The summed E-state index contributed by atoms with van der Waals surface area (Å²) in [5.74, 6) is -0.0681. The Balaban J connectivity index is 1.99. The summed E-state index contributed by atoms with van der Waals surface area (Å²) in [7, 11) is 5.40. The number of hydrogen-bond acceptors (Lipinski definition) is 4. The fraction of sp³-hybridized carbons (Fsp3) is 0.176. The third kappa shape index (κ3) is 2.11. The number of imide groups is 1. The molecular formula is C17H16N2O3. The number of methoxy groups -OCH3 is 1. The molecule has 22 heavy (non-hydrogen) atoms. The standard InChI is InChI=1S/C17H16N2O3/c1-18(2)11-4-6-12(7-5-11)19-16(20)14-9-8-13(22-3)10-15(14)17(19)21/h4-10H,1-3H3. The van der Waals surface area contributed by atoms with E-state index >= 15 is 0 Å². The van der Waals surface area contributed by atoms with Crippen LogP contribution in [0.3, 0.4) is 0 Å². The fourth-order valence-electron chi connectivity index (χ4n) is 2.48. The van der Waals surface area contributed by atoms with E-state index in [2.05, 4.69) is 0 Å². The fourth-order valence-corrected chi connectivity index (χ4v) is 2.48. The lowest BCUT2D eigenvalue weighted by Gasteiger charge is -2.16. The summed E-state index contributed by atoms with van der Waals surface area (Å²) in [5.41, 5.74) is 2.35. The number of nitrogens with zero attached hydrogens (tertiary/aromatic N) is 2. The maximum Gasteiger partial charge on any atom is 0.266 e. The Hall–Kier alpha value is -2.82. The largest absolute Gasteiger partial charge is 0.497 e. The van der Waals surface area contributed by atoms with Crippen molar-refractivity contribution in [3.8, 4) is 5.75 Å². The molecule has 0 radical (unpaired) electrons. The molecule has 1 heterocycles. The van der Waals surface area contributed by atoms with E-state index in [0.717, 1.165) is 5.69 Å². The normalized spacial score (nSPS) is 13.3. The molecule has 5 heteroatoms. The third-order valence-electron chi connectivity index (χ3n) is 3.72. The number of rotatable bonds is 3. The molecule has 0 saturated heterocycles. The summed E-state index contributed by atoms with van der Waals surface area (Å²) in [4.78, 5) is 28.2. The van der Waals surface area contributed by atoms with Gasteiger partial charge in [-0.15, -0.1) is 0 Å². The van der Waals surface area contributed by atoms with Crippen LogP contribution in [0, 0.1) is 0 Å². The molecule has 0 aromatic heterocycles. The summed E-state index contributed by atoms with van der Waals surface area (Å²) >= 11 is 0. The second kappa shape index (κ2) is 5.18. The van der Waals surface area contributed by atoms with E-state index in [1.807, 2.05) is 31.1 Å². The van der Waals surface area contributed by atoms with E-state index in [0.29, 0.717) is 22.6 Å². The van der Waals surface area contributed by atoms with Crippen molar-refractivity contribution in [3.05, 3.63) is 53.6 Å². The Labute approximate surface area is 128 Å². The smallest absolute Gasteiger partial charge is 0.266 e. The van der Waals surface area contributed by atoms with Crippen LogP contribution >= 0.6 is 0 Å². The van der Waals surface area contributed by atoms with Gasteiger partial charge in [0.15, 0.2) is 0 Å². The van der Waals surface area contributed by atoms with Crippen molar-refractivity contribution in [2.45, 2.75) is 0 Å². The molecule has 0 spiro atoms. The van der Waals surface area contributed by atoms with E-state index in [1.165, 1.54) is 12.0 Å². The molecule has 0 N–H and O–H groups in total. The Bertz CT molecular complexity index is 751. The van der Waals surface area contributed by atoms with Crippen molar-refractivity contribution in [3.63, 3.8) is 0 Å². The van der Waals surface area contributed by atoms with Gasteiger partial charge in [0.25, 0.3) is 11.8 Å². The number of anilines is 2. The Morgan fingerprint density at radius 1 is 0.909 bits per heavy atom. The molecule has 1 aliphatic rings. The lowest BCUT2D eigenvalue weighted by atomic mass is 10.1. The highest BCUT2D eigenvalue weighted by Gasteiger charge is 2.36. The van der Waals surface area contributed by atoms with E-state index in [9.17, 15) is 9.59 Å². The van der Waals surface area contributed by atoms with E-state index in [-0.39, 0.29) is 11.8 Å². The highest BCUT2D eigenvalue weighted by Crippen LogP contribution is 2.31. The summed E-state index contributed by atoms with van der Waals surface area (Å²) in [6.07, 6.45) is 0. The molecule has 0 fully saturated rings. The summed E-state index contributed by atoms with van der Waals surface area (Å²) in [6.45, 7) is 0. The molecule has 0 saturated carbocycles. The summed E-state index contributed by atoms with van der Waals surface area (Å²) in [6, 6.07) is 12.2. The number of ether oxygens (including phenoxy) is 1. The molecule has 0 bridgehead atoms. The van der Waals surface area contributed by atoms with Crippen molar-refractivity contribution >= 4 is 23.2 Å². The van der Waals surface area contributed by atoms with Crippen LogP contribution in [-0.2, 0) is 0 Å². The van der Waals surface area contributed by atoms with Crippen molar-refractivity contribution in [1.82, 2.24) is 0 Å². The number of benzene rings is 2. The minimum atomic E-state index is -0.323. The average molecular weight is 296 g/mol. The number of hydrogen-bond donors (Lipinski definition) is 0. The monoisotopic (exact) mass is 296 g/mol. The Morgan fingerprint density at radius 2 is 1.55 bits per heavy atom. The highest BCUT2D eigenvalue weighted by molar-refractivity contribution is 6.34. The first-order valence-corrected chi connectivity index (χ1v) is 6.87. The minimum absolute atomic E-state index is 0.305. The molecule has 0 atom stereocenters. The molecule has 0 aliphatic carbocycles. The van der Waals surface area contributed by atoms with Gasteiger partial charge in [0.05, 0.1) is 23.9 Å². The van der Waals surface area contributed by atoms with Crippen LogP contribution in [0.2, 0.25) is 0 Å². The Morgan fingerprint density at radius 3 is 2.14 bits per heavy atom. The van der Waals surface area contributed by atoms with Gasteiger partial charge in [-0.05, 0) is 42.5 Å². The first-order valence-electron chi connectivity index (χ1n) is 6.87. The van der Waals surface area contributed by atoms with Gasteiger partial charge >= 0.3 is 0 Å². The van der Waals surface area contributed by atoms with Crippen LogP contribution in [0.5, 0.6) is 5.75 Å². The van der Waals surface area contributed by atoms with Gasteiger partial charge in [0, 0.05) is 19.8 Å². The number of carbonyl (C=O) groups is 2. The SMILES string of the molecule is COc1ccc2c(c1)C(=O)N(c1ccc(N(C)C)cc1)C2=O. The van der Waals surface area contributed by atoms with Crippen LogP contribution in [0.1, 0.15) is 20.7 Å². The lowest BCUT2D eigenvalue weighted by Crippen LogP contribution is -2.29. The lowest BCUT2D eigenvalue weighted by molar-refractivity contribution is 0.0926. The highest BCUT2D eigenvalue weighted by atomic mass is 16.5. The van der Waals surface area contributed by atoms with Crippen molar-refractivity contribution in [2.24, 2.45) is 0 Å². The molecular weight excluding hydrogens is 280 g/mol. The molecule has 2 amide bonds. The summed E-state index contributed by atoms with van der Waals surface area (Å²) in [5, 5.41) is 0. The number of amides is 2. The molecule has 1 aliphatic heterocycles. The molecule has 5 nitrogen and oxygen atoms in total. The topological polar surface area (TPSA) is 49.9 Å². The molecule has 2 aromatic rings. The first kappa shape index (κ1) is 14.1. The van der Waals surface area contributed by atoms with Gasteiger partial charge in [-0.1, -0.05) is 0 Å². The van der Waals surface area contributed by atoms with E-state index in [1.54, 1.807) is 30.3 Å². The van der Waals surface area contributed by atoms with Crippen molar-refractivity contribution < 1.29 is 14.3 Å². The van der Waals surface area contributed by atoms with Crippen LogP contribution in [0.4, 0.5) is 11.4 Å². The minimum Gasteiger partial charge on any atom is -0.497 e. The first-order chi connectivity index (χ1) is 10.5. The van der Waals surface area contributed by atoms with Crippen LogP contribution in [-0.4, -0.2) is 33.0 Å².